The Morgan fingerprint density at radius 2 is 1.68 bits per heavy atom. The lowest BCUT2D eigenvalue weighted by Gasteiger charge is -2.21. The molecule has 0 spiro atoms. The number of sulfonamides is 1. The first-order valence-electron chi connectivity index (χ1n) is 9.30. The minimum absolute atomic E-state index is 0.148. The van der Waals surface area contributed by atoms with Gasteiger partial charge in [0.05, 0.1) is 4.90 Å². The van der Waals surface area contributed by atoms with Gasteiger partial charge in [-0.2, -0.15) is 0 Å². The fraction of sp³-hybridized carbons (Fsp3) is 0.381. The Kier molecular flexibility index (Phi) is 6.85. The second-order valence-electron chi connectivity index (χ2n) is 7.79. The van der Waals surface area contributed by atoms with Crippen molar-refractivity contribution in [2.45, 2.75) is 57.5 Å². The van der Waals surface area contributed by atoms with Crippen LogP contribution in [-0.2, 0) is 21.2 Å². The molecule has 0 fully saturated rings. The Morgan fingerprint density at radius 1 is 1.04 bits per heavy atom. The zero-order valence-corrected chi connectivity index (χ0v) is 17.9. The summed E-state index contributed by atoms with van der Waals surface area (Å²) in [6.45, 7) is 9.15. The van der Waals surface area contributed by atoms with E-state index in [2.05, 4.69) is 22.3 Å². The molecular formula is C21H29N3O3S. The van der Waals surface area contributed by atoms with Crippen molar-refractivity contribution in [3.63, 3.8) is 0 Å². The predicted molar refractivity (Wildman–Crippen MR) is 114 cm³/mol. The summed E-state index contributed by atoms with van der Waals surface area (Å²) in [5.74, 6) is -0.203. The van der Waals surface area contributed by atoms with E-state index in [0.29, 0.717) is 5.69 Å². The summed E-state index contributed by atoms with van der Waals surface area (Å²) in [4.78, 5) is 12.6. The molecule has 0 aliphatic rings. The molecule has 1 atom stereocenters. The lowest BCUT2D eigenvalue weighted by atomic mass is 10.1. The maximum atomic E-state index is 12.5. The molecule has 6 nitrogen and oxygen atoms in total. The highest BCUT2D eigenvalue weighted by atomic mass is 32.2. The first kappa shape index (κ1) is 21.9. The van der Waals surface area contributed by atoms with Crippen molar-refractivity contribution < 1.29 is 13.2 Å². The Labute approximate surface area is 167 Å². The summed E-state index contributed by atoms with van der Waals surface area (Å²) in [7, 11) is -3.64. The van der Waals surface area contributed by atoms with Gasteiger partial charge in [-0.3, -0.25) is 4.79 Å². The molecule has 2 aromatic rings. The van der Waals surface area contributed by atoms with Crippen LogP contribution < -0.4 is 15.4 Å². The molecule has 7 heteroatoms. The van der Waals surface area contributed by atoms with Crippen molar-refractivity contribution >= 4 is 27.3 Å². The molecule has 1 amide bonds. The van der Waals surface area contributed by atoms with Crippen molar-refractivity contribution in [3.05, 3.63) is 54.1 Å². The van der Waals surface area contributed by atoms with E-state index in [0.717, 1.165) is 12.1 Å². The topological polar surface area (TPSA) is 87.3 Å². The normalized spacial score (nSPS) is 13.0. The fourth-order valence-corrected chi connectivity index (χ4v) is 4.07. The van der Waals surface area contributed by atoms with E-state index in [1.807, 2.05) is 24.3 Å². The van der Waals surface area contributed by atoms with Crippen molar-refractivity contribution in [2.75, 3.05) is 10.6 Å². The smallest absolute Gasteiger partial charge is 0.246 e. The van der Waals surface area contributed by atoms with Gasteiger partial charge in [-0.15, -0.1) is 0 Å². The van der Waals surface area contributed by atoms with Crippen LogP contribution >= 0.6 is 0 Å². The van der Waals surface area contributed by atoms with Crippen LogP contribution in [0.15, 0.2) is 53.4 Å². The van der Waals surface area contributed by atoms with Gasteiger partial charge in [0.25, 0.3) is 0 Å². The number of rotatable bonds is 7. The molecule has 0 bridgehead atoms. The Morgan fingerprint density at radius 3 is 2.25 bits per heavy atom. The van der Waals surface area contributed by atoms with E-state index in [1.54, 1.807) is 39.8 Å². The van der Waals surface area contributed by atoms with Crippen LogP contribution in [0.4, 0.5) is 11.4 Å². The third kappa shape index (κ3) is 6.35. The zero-order valence-electron chi connectivity index (χ0n) is 17.0. The lowest BCUT2D eigenvalue weighted by Crippen LogP contribution is -2.40. The van der Waals surface area contributed by atoms with E-state index in [1.165, 1.54) is 17.7 Å². The van der Waals surface area contributed by atoms with Gasteiger partial charge in [-0.1, -0.05) is 25.1 Å². The van der Waals surface area contributed by atoms with Crippen LogP contribution in [0.25, 0.3) is 0 Å². The number of anilines is 2. The predicted octanol–water partition coefficient (Wildman–Crippen LogP) is 3.76. The summed E-state index contributed by atoms with van der Waals surface area (Å²) >= 11 is 0. The number of carbonyl (C=O) groups is 1. The third-order valence-corrected chi connectivity index (χ3v) is 5.75. The van der Waals surface area contributed by atoms with Crippen LogP contribution in [0.2, 0.25) is 0 Å². The Balaban J connectivity index is 2.07. The number of hydrogen-bond donors (Lipinski definition) is 3. The van der Waals surface area contributed by atoms with Crippen LogP contribution in [0, 0.1) is 0 Å². The van der Waals surface area contributed by atoms with Gasteiger partial charge < -0.3 is 10.6 Å². The van der Waals surface area contributed by atoms with E-state index in [-0.39, 0.29) is 10.8 Å². The number of amides is 1. The fourth-order valence-electron chi connectivity index (χ4n) is 2.60. The van der Waals surface area contributed by atoms with E-state index in [4.69, 9.17) is 0 Å². The maximum absolute atomic E-state index is 12.5. The average molecular weight is 404 g/mol. The standard InChI is InChI=1S/C21H29N3O3S/c1-6-16-10-12-17(13-11-16)23-20(25)15(2)22-18-8-7-9-19(14-18)28(26,27)24-21(3,4)5/h7-15,22,24H,6H2,1-5H3,(H,23,25)/t15-/m0/s1. The molecule has 0 aliphatic carbocycles. The molecule has 152 valence electrons. The molecule has 0 radical (unpaired) electrons. The molecule has 2 aromatic carbocycles. The van der Waals surface area contributed by atoms with Crippen molar-refractivity contribution in [1.29, 1.82) is 0 Å². The van der Waals surface area contributed by atoms with Crippen molar-refractivity contribution in [3.8, 4) is 0 Å². The molecule has 0 saturated heterocycles. The van der Waals surface area contributed by atoms with Crippen LogP contribution in [0.3, 0.4) is 0 Å². The average Bonchev–Trinajstić information content (AvgIpc) is 2.60. The monoisotopic (exact) mass is 403 g/mol. The summed E-state index contributed by atoms with van der Waals surface area (Å²) in [5, 5.41) is 5.91. The first-order chi connectivity index (χ1) is 13.0. The van der Waals surface area contributed by atoms with E-state index in [9.17, 15) is 13.2 Å². The van der Waals surface area contributed by atoms with Crippen molar-refractivity contribution in [1.82, 2.24) is 4.72 Å². The number of nitrogens with one attached hydrogen (secondary N) is 3. The van der Waals surface area contributed by atoms with E-state index >= 15 is 0 Å². The first-order valence-corrected chi connectivity index (χ1v) is 10.8. The highest BCUT2D eigenvalue weighted by Gasteiger charge is 2.22. The summed E-state index contributed by atoms with van der Waals surface area (Å²) in [5.41, 5.74) is 1.90. The van der Waals surface area contributed by atoms with Crippen LogP contribution in [0.5, 0.6) is 0 Å². The molecule has 0 heterocycles. The van der Waals surface area contributed by atoms with Gasteiger partial charge in [0, 0.05) is 16.9 Å². The summed E-state index contributed by atoms with van der Waals surface area (Å²) in [6, 6.07) is 13.6. The molecule has 0 unspecified atom stereocenters. The minimum atomic E-state index is -3.64. The van der Waals surface area contributed by atoms with Gasteiger partial charge in [0.15, 0.2) is 0 Å². The second kappa shape index (κ2) is 8.75. The molecule has 28 heavy (non-hydrogen) atoms. The molecule has 3 N–H and O–H groups in total. The zero-order chi connectivity index (χ0) is 20.9. The largest absolute Gasteiger partial charge is 0.374 e. The number of carbonyl (C=O) groups excluding carboxylic acids is 1. The summed E-state index contributed by atoms with van der Waals surface area (Å²) in [6.07, 6.45) is 0.940. The van der Waals surface area contributed by atoms with Gasteiger partial charge in [0.2, 0.25) is 15.9 Å². The van der Waals surface area contributed by atoms with Crippen LogP contribution in [0.1, 0.15) is 40.2 Å². The van der Waals surface area contributed by atoms with Crippen LogP contribution in [-0.4, -0.2) is 25.9 Å². The number of benzene rings is 2. The highest BCUT2D eigenvalue weighted by molar-refractivity contribution is 7.89. The Bertz CT molecular complexity index is 917. The highest BCUT2D eigenvalue weighted by Crippen LogP contribution is 2.18. The lowest BCUT2D eigenvalue weighted by molar-refractivity contribution is -0.116. The van der Waals surface area contributed by atoms with Gasteiger partial charge >= 0.3 is 0 Å². The minimum Gasteiger partial charge on any atom is -0.374 e. The quantitative estimate of drug-likeness (QED) is 0.657. The number of aryl methyl sites for hydroxylation is 1. The molecule has 0 saturated carbocycles. The van der Waals surface area contributed by atoms with Gasteiger partial charge in [-0.05, 0) is 70.0 Å². The third-order valence-electron chi connectivity index (χ3n) is 3.99. The molecule has 0 aromatic heterocycles. The van der Waals surface area contributed by atoms with Gasteiger partial charge in [0.1, 0.15) is 6.04 Å². The van der Waals surface area contributed by atoms with Gasteiger partial charge in [-0.25, -0.2) is 13.1 Å². The second-order valence-corrected chi connectivity index (χ2v) is 9.47. The van der Waals surface area contributed by atoms with E-state index < -0.39 is 21.6 Å². The molecule has 2 rings (SSSR count). The molecule has 0 aliphatic heterocycles. The van der Waals surface area contributed by atoms with Crippen molar-refractivity contribution in [2.24, 2.45) is 0 Å². The Hall–Kier alpha value is -2.38. The summed E-state index contributed by atoms with van der Waals surface area (Å²) < 4.78 is 27.6. The SMILES string of the molecule is CCc1ccc(NC(=O)[C@H](C)Nc2cccc(S(=O)(=O)NC(C)(C)C)c2)cc1. The number of hydrogen-bond acceptors (Lipinski definition) is 4. The molecular weight excluding hydrogens is 374 g/mol. The maximum Gasteiger partial charge on any atom is 0.246 e.